The summed E-state index contributed by atoms with van der Waals surface area (Å²) < 4.78 is 1.34. The van der Waals surface area contributed by atoms with Gasteiger partial charge in [-0.2, -0.15) is 4.68 Å². The van der Waals surface area contributed by atoms with Gasteiger partial charge in [-0.25, -0.2) is 9.59 Å². The molecule has 1 aliphatic rings. The van der Waals surface area contributed by atoms with Crippen LogP contribution < -0.4 is 20.9 Å². The van der Waals surface area contributed by atoms with Gasteiger partial charge in [0.2, 0.25) is 5.91 Å². The molecule has 17 nitrogen and oxygen atoms in total. The number of H-pyrrole nitrogens is 1. The molecule has 6 rings (SSSR count). The number of aromatic carboxylic acids is 1. The highest BCUT2D eigenvalue weighted by molar-refractivity contribution is 6.41. The third kappa shape index (κ3) is 8.48. The van der Waals surface area contributed by atoms with Crippen LogP contribution in [0.15, 0.2) is 73.1 Å². The molecule has 0 spiro atoms. The molecule has 18 heteroatoms. The summed E-state index contributed by atoms with van der Waals surface area (Å²) in [6.07, 6.45) is 1.94. The fourth-order valence-corrected chi connectivity index (χ4v) is 6.46. The van der Waals surface area contributed by atoms with Gasteiger partial charge in [-0.1, -0.05) is 37.6 Å². The summed E-state index contributed by atoms with van der Waals surface area (Å²) in [5.41, 5.74) is 2.67. The van der Waals surface area contributed by atoms with Crippen LogP contribution in [0.25, 0.3) is 16.6 Å². The predicted molar refractivity (Wildman–Crippen MR) is 199 cm³/mol. The van der Waals surface area contributed by atoms with E-state index in [1.165, 1.54) is 32.9 Å². The normalized spacial score (nSPS) is 14.3. The third-order valence-corrected chi connectivity index (χ3v) is 9.06. The summed E-state index contributed by atoms with van der Waals surface area (Å²) in [5.74, 6) is -3.27. The number of aliphatic hydroxyl groups excluding tert-OH is 1. The number of carboxylic acid groups (broad SMARTS) is 1. The van der Waals surface area contributed by atoms with E-state index in [9.17, 15) is 34.2 Å². The van der Waals surface area contributed by atoms with Crippen molar-refractivity contribution in [3.8, 4) is 5.69 Å². The molecule has 1 aliphatic heterocycles. The van der Waals surface area contributed by atoms with E-state index < -0.39 is 41.8 Å². The van der Waals surface area contributed by atoms with E-state index in [0.29, 0.717) is 50.7 Å². The summed E-state index contributed by atoms with van der Waals surface area (Å²) >= 11 is 6.29. The van der Waals surface area contributed by atoms with E-state index in [2.05, 4.69) is 36.5 Å². The van der Waals surface area contributed by atoms with Crippen LogP contribution in [0, 0.1) is 5.92 Å². The molecule has 0 bridgehead atoms. The molecule has 0 aliphatic carbocycles. The molecule has 1 fully saturated rings. The van der Waals surface area contributed by atoms with E-state index in [-0.39, 0.29) is 37.7 Å². The number of benzene rings is 3. The van der Waals surface area contributed by atoms with Crippen LogP contribution in [-0.2, 0) is 20.8 Å². The molecule has 2 atom stereocenters. The molecule has 0 saturated carbocycles. The molecule has 280 valence electrons. The van der Waals surface area contributed by atoms with Crippen LogP contribution in [0.4, 0.5) is 21.9 Å². The average Bonchev–Trinajstić information content (AvgIpc) is 3.83. The van der Waals surface area contributed by atoms with Crippen molar-refractivity contribution in [1.82, 2.24) is 35.4 Å². The number of aromatic amines is 1. The molecule has 2 aromatic heterocycles. The number of urea groups is 1. The van der Waals surface area contributed by atoms with Crippen LogP contribution in [0.5, 0.6) is 0 Å². The zero-order valence-electron chi connectivity index (χ0n) is 29.2. The largest absolute Gasteiger partial charge is 0.477 e. The molecule has 1 saturated heterocycles. The number of rotatable bonds is 13. The van der Waals surface area contributed by atoms with Crippen molar-refractivity contribution in [3.63, 3.8) is 0 Å². The first-order valence-corrected chi connectivity index (χ1v) is 17.4. The molecular weight excluding hydrogens is 720 g/mol. The molecule has 5 amide bonds. The number of anilines is 3. The van der Waals surface area contributed by atoms with Crippen molar-refractivity contribution in [3.05, 3.63) is 89.3 Å². The number of halogens is 1. The Morgan fingerprint density at radius 3 is 2.37 bits per heavy atom. The first kappa shape index (κ1) is 37.4. The predicted octanol–water partition coefficient (Wildman–Crippen LogP) is 3.45. The number of carbonyl (C=O) groups excluding carboxylic acids is 4. The number of amides is 5. The SMILES string of the molecule is CC(C)CC(CO)NC(=O)Nc1ccc(CC(C(=O)Nc2ccc3[nH]c(C(=O)O)cc3c2)N2CCN(c3cc(Cl)ccc3-n3cnnn3)C(=O)C2=O)cc1. The van der Waals surface area contributed by atoms with E-state index in [1.807, 2.05) is 13.8 Å². The van der Waals surface area contributed by atoms with Crippen LogP contribution in [0.2, 0.25) is 5.02 Å². The number of hydrogen-bond donors (Lipinski definition) is 6. The summed E-state index contributed by atoms with van der Waals surface area (Å²) in [4.78, 5) is 71.2. The maximum absolute atomic E-state index is 14.1. The van der Waals surface area contributed by atoms with Crippen molar-refractivity contribution in [2.24, 2.45) is 5.92 Å². The van der Waals surface area contributed by atoms with E-state index in [0.717, 1.165) is 0 Å². The van der Waals surface area contributed by atoms with Crippen LogP contribution in [-0.4, -0.2) is 102 Å². The quantitative estimate of drug-likeness (QED) is 0.0959. The van der Waals surface area contributed by atoms with Gasteiger partial charge in [0, 0.05) is 46.8 Å². The number of hydrogen-bond acceptors (Lipinski definition) is 9. The molecule has 3 heterocycles. The maximum Gasteiger partial charge on any atom is 0.352 e. The van der Waals surface area contributed by atoms with E-state index >= 15 is 0 Å². The van der Waals surface area contributed by atoms with Crippen molar-refractivity contribution in [1.29, 1.82) is 0 Å². The zero-order valence-corrected chi connectivity index (χ0v) is 29.9. The number of fused-ring (bicyclic) bond motifs is 1. The highest BCUT2D eigenvalue weighted by atomic mass is 35.5. The molecular formula is C36H37ClN10O7. The van der Waals surface area contributed by atoms with Gasteiger partial charge in [-0.05, 0) is 82.9 Å². The zero-order chi connectivity index (χ0) is 38.5. The topological polar surface area (TPSA) is 228 Å². The molecule has 6 N–H and O–H groups in total. The highest BCUT2D eigenvalue weighted by Gasteiger charge is 2.40. The number of piperazine rings is 1. The number of aromatic nitrogens is 5. The third-order valence-electron chi connectivity index (χ3n) is 8.83. The first-order chi connectivity index (χ1) is 25.9. The lowest BCUT2D eigenvalue weighted by Gasteiger charge is -2.38. The minimum Gasteiger partial charge on any atom is -0.477 e. The number of tetrazole rings is 1. The smallest absolute Gasteiger partial charge is 0.352 e. The van der Waals surface area contributed by atoms with Crippen molar-refractivity contribution < 1.29 is 34.2 Å². The monoisotopic (exact) mass is 756 g/mol. The summed E-state index contributed by atoms with van der Waals surface area (Å²) in [5, 5.41) is 39.4. The van der Waals surface area contributed by atoms with Crippen LogP contribution in [0.3, 0.4) is 0 Å². The standard InChI is InChI=1S/C36H37ClN10O7/c1-20(2)13-26(18-48)41-36(54)40-24-6-3-21(4-7-24)14-31(32(49)39-25-8-9-27-22(15-25)16-28(42-27)35(52)53)46-12-11-45(33(50)34(46)51)30-17-23(37)5-10-29(30)47-19-38-43-44-47/h3-10,15-17,19-20,26,31,42,48H,11-14,18H2,1-2H3,(H,39,49)(H,52,53)(H2,40,41,54). The lowest BCUT2D eigenvalue weighted by atomic mass is 10.0. The van der Waals surface area contributed by atoms with Gasteiger partial charge in [0.05, 0.1) is 24.0 Å². The second-order valence-corrected chi connectivity index (χ2v) is 13.6. The molecule has 3 aromatic carbocycles. The highest BCUT2D eigenvalue weighted by Crippen LogP contribution is 2.30. The van der Waals surface area contributed by atoms with Gasteiger partial charge in [0.25, 0.3) is 0 Å². The summed E-state index contributed by atoms with van der Waals surface area (Å²) in [7, 11) is 0. The van der Waals surface area contributed by atoms with Crippen LogP contribution >= 0.6 is 11.6 Å². The van der Waals surface area contributed by atoms with Crippen molar-refractivity contribution in [2.75, 3.05) is 35.2 Å². The summed E-state index contributed by atoms with van der Waals surface area (Å²) in [6, 6.07) is 15.6. The molecule has 54 heavy (non-hydrogen) atoms. The molecule has 5 aromatic rings. The Balaban J connectivity index is 1.24. The number of carbonyl (C=O) groups is 5. The number of aliphatic hydroxyl groups is 1. The number of nitrogens with one attached hydrogen (secondary N) is 4. The second-order valence-electron chi connectivity index (χ2n) is 13.1. The first-order valence-electron chi connectivity index (χ1n) is 17.0. The Morgan fingerprint density at radius 2 is 1.69 bits per heavy atom. The van der Waals surface area contributed by atoms with Crippen LogP contribution in [0.1, 0.15) is 36.3 Å². The number of carboxylic acids is 1. The number of nitrogens with zero attached hydrogens (tertiary/aromatic N) is 6. The van der Waals surface area contributed by atoms with Gasteiger partial charge < -0.3 is 40.9 Å². The minimum absolute atomic E-state index is 0.000900. The Kier molecular flexibility index (Phi) is 11.2. The molecule has 0 radical (unpaired) electrons. The van der Waals surface area contributed by atoms with Gasteiger partial charge in [-0.15, -0.1) is 5.10 Å². The fraction of sp³-hybridized carbons (Fsp3) is 0.278. The van der Waals surface area contributed by atoms with Gasteiger partial charge in [0.1, 0.15) is 18.1 Å². The van der Waals surface area contributed by atoms with Gasteiger partial charge >= 0.3 is 23.8 Å². The van der Waals surface area contributed by atoms with Crippen molar-refractivity contribution in [2.45, 2.75) is 38.8 Å². The molecule has 2 unspecified atom stereocenters. The lowest BCUT2D eigenvalue weighted by molar-refractivity contribution is -0.149. The van der Waals surface area contributed by atoms with Gasteiger partial charge in [0.15, 0.2) is 0 Å². The lowest BCUT2D eigenvalue weighted by Crippen LogP contribution is -2.60. The maximum atomic E-state index is 14.1. The average molecular weight is 757 g/mol. The summed E-state index contributed by atoms with van der Waals surface area (Å²) in [6.45, 7) is 3.77. The van der Waals surface area contributed by atoms with E-state index in [1.54, 1.807) is 54.6 Å². The Morgan fingerprint density at radius 1 is 0.926 bits per heavy atom. The Hall–Kier alpha value is -6.33. The second kappa shape index (κ2) is 16.1. The Bertz CT molecular complexity index is 2190. The Labute approximate surface area is 313 Å². The minimum atomic E-state index is -1.16. The van der Waals surface area contributed by atoms with Crippen molar-refractivity contribution >= 4 is 69.3 Å². The van der Waals surface area contributed by atoms with Gasteiger partial charge in [-0.3, -0.25) is 14.4 Å². The van der Waals surface area contributed by atoms with E-state index in [4.69, 9.17) is 11.6 Å². The fourth-order valence-electron chi connectivity index (χ4n) is 6.30.